The minimum absolute atomic E-state index is 0.151. The van der Waals surface area contributed by atoms with Crippen LogP contribution in [0.5, 0.6) is 5.75 Å². The molecule has 1 aliphatic rings. The molecule has 6 nitrogen and oxygen atoms in total. The molecule has 204 valence electrons. The molecule has 0 atom stereocenters. The lowest BCUT2D eigenvalue weighted by molar-refractivity contribution is -0.136. The number of rotatable bonds is 8. The van der Waals surface area contributed by atoms with Crippen LogP contribution in [0.25, 0.3) is 6.08 Å². The summed E-state index contributed by atoms with van der Waals surface area (Å²) < 4.78 is 13.2. The van der Waals surface area contributed by atoms with Crippen LogP contribution in [-0.2, 0) is 21.6 Å². The Morgan fingerprint density at radius 3 is 1.93 bits per heavy atom. The van der Waals surface area contributed by atoms with Crippen molar-refractivity contribution in [3.05, 3.63) is 161 Å². The van der Waals surface area contributed by atoms with E-state index in [0.29, 0.717) is 31.1 Å². The third-order valence-corrected chi connectivity index (χ3v) is 7.49. The largest absolute Gasteiger partial charge is 0.497 e. The minimum Gasteiger partial charge on any atom is -0.497 e. The van der Waals surface area contributed by atoms with Gasteiger partial charge in [-0.15, -0.1) is 0 Å². The average Bonchev–Trinajstić information content (AvgIpc) is 3.50. The third-order valence-electron chi connectivity index (χ3n) is 7.49. The van der Waals surface area contributed by atoms with E-state index in [-0.39, 0.29) is 5.91 Å². The van der Waals surface area contributed by atoms with Crippen molar-refractivity contribution in [3.8, 4) is 5.75 Å². The molecule has 6 heteroatoms. The number of nitrogens with zero attached hydrogens (tertiary/aromatic N) is 3. The van der Waals surface area contributed by atoms with Gasteiger partial charge in [-0.3, -0.25) is 4.79 Å². The molecule has 2 heterocycles. The lowest BCUT2D eigenvalue weighted by Crippen LogP contribution is -2.39. The molecule has 4 aromatic carbocycles. The van der Waals surface area contributed by atoms with Crippen LogP contribution in [0.2, 0.25) is 0 Å². The van der Waals surface area contributed by atoms with E-state index in [1.54, 1.807) is 18.1 Å². The van der Waals surface area contributed by atoms with Crippen molar-refractivity contribution in [1.82, 2.24) is 14.5 Å². The van der Waals surface area contributed by atoms with Gasteiger partial charge in [0.1, 0.15) is 17.9 Å². The maximum absolute atomic E-state index is 13.4. The molecule has 0 spiro atoms. The highest BCUT2D eigenvalue weighted by atomic mass is 16.5. The topological polar surface area (TPSA) is 56.6 Å². The molecule has 0 bridgehead atoms. The Balaban J connectivity index is 1.38. The van der Waals surface area contributed by atoms with Crippen LogP contribution in [0.15, 0.2) is 134 Å². The summed E-state index contributed by atoms with van der Waals surface area (Å²) in [6.45, 7) is 1.45. The monoisotopic (exact) mass is 541 g/mol. The fraction of sp³-hybridized carbons (Fsp3) is 0.143. The molecular weight excluding hydrogens is 510 g/mol. The summed E-state index contributed by atoms with van der Waals surface area (Å²) in [5.74, 6) is 0.928. The fourth-order valence-electron chi connectivity index (χ4n) is 5.51. The molecule has 1 amide bonds. The summed E-state index contributed by atoms with van der Waals surface area (Å²) in [6.07, 6.45) is 5.56. The van der Waals surface area contributed by atoms with E-state index >= 15 is 0 Å². The number of imidazole rings is 1. The molecule has 0 saturated carbocycles. The van der Waals surface area contributed by atoms with E-state index in [4.69, 9.17) is 14.5 Å². The van der Waals surface area contributed by atoms with Crippen molar-refractivity contribution in [2.24, 2.45) is 0 Å². The highest BCUT2D eigenvalue weighted by molar-refractivity contribution is 5.96. The number of benzene rings is 4. The summed E-state index contributed by atoms with van der Waals surface area (Å²) in [5.41, 5.74) is 4.31. The molecule has 0 N–H and O–H groups in total. The zero-order valence-electron chi connectivity index (χ0n) is 22.9. The van der Waals surface area contributed by atoms with Crippen LogP contribution in [0.4, 0.5) is 0 Å². The van der Waals surface area contributed by atoms with Gasteiger partial charge in [0.15, 0.2) is 5.76 Å². The Hall–Kier alpha value is -5.10. The normalized spacial score (nSPS) is 14.6. The van der Waals surface area contributed by atoms with Crippen molar-refractivity contribution in [2.45, 2.75) is 12.1 Å². The average molecular weight is 542 g/mol. The maximum atomic E-state index is 13.4. The van der Waals surface area contributed by atoms with Crippen molar-refractivity contribution < 1.29 is 14.3 Å². The number of ether oxygens (including phenoxy) is 2. The molecule has 0 unspecified atom stereocenters. The van der Waals surface area contributed by atoms with Gasteiger partial charge < -0.3 is 18.9 Å². The second-order valence-electron chi connectivity index (χ2n) is 9.95. The molecule has 5 aromatic rings. The summed E-state index contributed by atoms with van der Waals surface area (Å²) in [7, 11) is 1.64. The number of aromatic nitrogens is 2. The number of morpholine rings is 1. The molecule has 1 fully saturated rings. The minimum atomic E-state index is -0.675. The third kappa shape index (κ3) is 5.12. The quantitative estimate of drug-likeness (QED) is 0.175. The van der Waals surface area contributed by atoms with Crippen LogP contribution in [0.1, 0.15) is 27.9 Å². The molecule has 6 rings (SSSR count). The smallest absolute Gasteiger partial charge is 0.289 e. The van der Waals surface area contributed by atoms with Crippen molar-refractivity contribution in [1.29, 1.82) is 0 Å². The van der Waals surface area contributed by atoms with Gasteiger partial charge in [0.25, 0.3) is 5.91 Å². The van der Waals surface area contributed by atoms with Crippen LogP contribution in [0, 0.1) is 0 Å². The summed E-state index contributed by atoms with van der Waals surface area (Å²) in [6, 6.07) is 39.0. The van der Waals surface area contributed by atoms with Gasteiger partial charge in [-0.1, -0.05) is 103 Å². The molecule has 0 radical (unpaired) electrons. The van der Waals surface area contributed by atoms with Crippen LogP contribution in [0.3, 0.4) is 0 Å². The van der Waals surface area contributed by atoms with E-state index in [1.807, 2.05) is 55.0 Å². The van der Waals surface area contributed by atoms with Gasteiger partial charge in [0.05, 0.1) is 25.7 Å². The van der Waals surface area contributed by atoms with Crippen LogP contribution >= 0.6 is 0 Å². The molecule has 1 aromatic heterocycles. The molecule has 0 aliphatic carbocycles. The van der Waals surface area contributed by atoms with Gasteiger partial charge in [-0.25, -0.2) is 4.98 Å². The molecule has 41 heavy (non-hydrogen) atoms. The predicted octanol–water partition coefficient (Wildman–Crippen LogP) is 6.13. The van der Waals surface area contributed by atoms with Gasteiger partial charge >= 0.3 is 0 Å². The molecule has 1 aliphatic heterocycles. The number of amides is 1. The van der Waals surface area contributed by atoms with E-state index in [0.717, 1.165) is 28.0 Å². The standard InChI is InChI=1S/C35H31N3O3/c1-40-32-19-17-27(18-20-32)24-37-21-22-41-33(34(37)39)23-31-25-38(26-36-31)35(28-11-5-2-6-12-28,29-13-7-3-8-14-29)30-15-9-4-10-16-30/h2-20,23,25-26H,21-22,24H2,1H3. The van der Waals surface area contributed by atoms with Crippen molar-refractivity contribution >= 4 is 12.0 Å². The number of methoxy groups -OCH3 is 1. The highest BCUT2D eigenvalue weighted by Crippen LogP contribution is 2.40. The number of hydrogen-bond acceptors (Lipinski definition) is 4. The predicted molar refractivity (Wildman–Crippen MR) is 159 cm³/mol. The fourth-order valence-corrected chi connectivity index (χ4v) is 5.51. The Morgan fingerprint density at radius 2 is 1.39 bits per heavy atom. The van der Waals surface area contributed by atoms with Gasteiger partial charge in [0, 0.05) is 18.8 Å². The first-order chi connectivity index (χ1) is 20.2. The number of carbonyl (C=O) groups is 1. The maximum Gasteiger partial charge on any atom is 0.289 e. The lowest BCUT2D eigenvalue weighted by Gasteiger charge is -2.37. The Kier molecular flexibility index (Phi) is 7.37. The zero-order valence-corrected chi connectivity index (χ0v) is 22.9. The van der Waals surface area contributed by atoms with Gasteiger partial charge in [-0.05, 0) is 34.4 Å². The van der Waals surface area contributed by atoms with Crippen molar-refractivity contribution in [2.75, 3.05) is 20.3 Å². The van der Waals surface area contributed by atoms with E-state index in [1.165, 1.54) is 0 Å². The second-order valence-corrected chi connectivity index (χ2v) is 9.95. The zero-order chi connectivity index (χ0) is 28.1. The first-order valence-corrected chi connectivity index (χ1v) is 13.7. The molecular formula is C35H31N3O3. The van der Waals surface area contributed by atoms with Crippen molar-refractivity contribution in [3.63, 3.8) is 0 Å². The van der Waals surface area contributed by atoms with Gasteiger partial charge in [0.2, 0.25) is 0 Å². The number of carbonyl (C=O) groups excluding carboxylic acids is 1. The number of hydrogen-bond donors (Lipinski definition) is 0. The Labute approximate surface area is 240 Å². The first kappa shape index (κ1) is 26.1. The second kappa shape index (κ2) is 11.6. The SMILES string of the molecule is COc1ccc(CN2CCOC(=Cc3cn(C(c4ccccc4)(c4ccccc4)c4ccccc4)cn3)C2=O)cc1. The van der Waals surface area contributed by atoms with E-state index < -0.39 is 5.54 Å². The molecule has 1 saturated heterocycles. The Bertz CT molecular complexity index is 1530. The van der Waals surface area contributed by atoms with Crippen LogP contribution in [-0.4, -0.2) is 40.6 Å². The summed E-state index contributed by atoms with van der Waals surface area (Å²) in [4.78, 5) is 19.9. The lowest BCUT2D eigenvalue weighted by atomic mass is 9.77. The van der Waals surface area contributed by atoms with E-state index in [2.05, 4.69) is 77.4 Å². The van der Waals surface area contributed by atoms with Crippen LogP contribution < -0.4 is 4.74 Å². The Morgan fingerprint density at radius 1 is 0.829 bits per heavy atom. The highest BCUT2D eigenvalue weighted by Gasteiger charge is 2.38. The summed E-state index contributed by atoms with van der Waals surface area (Å²) >= 11 is 0. The van der Waals surface area contributed by atoms with Gasteiger partial charge in [-0.2, -0.15) is 0 Å². The summed E-state index contributed by atoms with van der Waals surface area (Å²) in [5, 5.41) is 0. The first-order valence-electron chi connectivity index (χ1n) is 13.7. The van der Waals surface area contributed by atoms with E-state index in [9.17, 15) is 4.79 Å².